The molecule has 0 saturated heterocycles. The van der Waals surface area contributed by atoms with E-state index in [2.05, 4.69) is 0 Å². The smallest absolute Gasteiger partial charge is 0.273 e. The van der Waals surface area contributed by atoms with E-state index in [1.165, 1.54) is 11.3 Å². The lowest BCUT2D eigenvalue weighted by atomic mass is 10.0. The van der Waals surface area contributed by atoms with Crippen molar-refractivity contribution in [1.82, 2.24) is 8.80 Å². The molecular weight excluding hydrogens is 412 g/mol. The molecule has 1 aromatic carbocycles. The van der Waals surface area contributed by atoms with Crippen molar-refractivity contribution in [2.45, 2.75) is 13.8 Å². The molecule has 31 heavy (non-hydrogen) atoms. The molecule has 0 N–H and O–H groups in total. The number of thiophene rings is 1. The van der Waals surface area contributed by atoms with Crippen LogP contribution in [-0.4, -0.2) is 8.80 Å². The number of benzene rings is 1. The van der Waals surface area contributed by atoms with Gasteiger partial charge in [-0.05, 0) is 13.8 Å². The van der Waals surface area contributed by atoms with Crippen LogP contribution in [0, 0.1) is 13.8 Å². The molecule has 0 unspecified atom stereocenters. The number of hydrogen-bond acceptors (Lipinski definition) is 5. The number of pyridine rings is 2. The fraction of sp³-hybridized carbons (Fsp3) is 0.0833. The van der Waals surface area contributed by atoms with Gasteiger partial charge < -0.3 is 8.83 Å². The molecule has 0 radical (unpaired) electrons. The first-order chi connectivity index (χ1) is 15.0. The molecular formula is C24H12N2O4S. The van der Waals surface area contributed by atoms with Gasteiger partial charge in [0.2, 0.25) is 0 Å². The Kier molecular flexibility index (Phi) is 2.43. The second-order valence-corrected chi connectivity index (χ2v) is 9.24. The Morgan fingerprint density at radius 2 is 1.13 bits per heavy atom. The lowest BCUT2D eigenvalue weighted by molar-refractivity contribution is 0.579. The van der Waals surface area contributed by atoms with Crippen molar-refractivity contribution in [2.24, 2.45) is 0 Å². The number of hydrogen-bond donors (Lipinski definition) is 0. The molecule has 0 saturated carbocycles. The molecule has 8 rings (SSSR count). The first kappa shape index (κ1) is 15.9. The first-order valence-electron chi connectivity index (χ1n) is 9.94. The predicted octanol–water partition coefficient (Wildman–Crippen LogP) is 5.42. The van der Waals surface area contributed by atoms with Crippen LogP contribution in [0.4, 0.5) is 0 Å². The van der Waals surface area contributed by atoms with Crippen LogP contribution in [0.5, 0.6) is 0 Å². The van der Waals surface area contributed by atoms with Crippen LogP contribution in [0.15, 0.2) is 54.8 Å². The van der Waals surface area contributed by atoms with Crippen molar-refractivity contribution in [2.75, 3.05) is 0 Å². The number of aryl methyl sites for hydroxylation is 2. The molecule has 0 aliphatic heterocycles. The van der Waals surface area contributed by atoms with Crippen molar-refractivity contribution >= 4 is 75.5 Å². The van der Waals surface area contributed by atoms with Gasteiger partial charge in [0.25, 0.3) is 11.1 Å². The van der Waals surface area contributed by atoms with Crippen LogP contribution in [0.2, 0.25) is 0 Å². The molecule has 0 fully saturated rings. The summed E-state index contributed by atoms with van der Waals surface area (Å²) in [5, 5.41) is 3.63. The first-order valence-corrected chi connectivity index (χ1v) is 10.8. The molecule has 0 atom stereocenters. The highest BCUT2D eigenvalue weighted by atomic mass is 32.1. The molecule has 7 heteroatoms. The molecule has 0 amide bonds. The van der Waals surface area contributed by atoms with Crippen LogP contribution in [0.3, 0.4) is 0 Å². The third kappa shape index (κ3) is 1.62. The lowest BCUT2D eigenvalue weighted by Crippen LogP contribution is -2.11. The Morgan fingerprint density at radius 1 is 0.677 bits per heavy atom. The van der Waals surface area contributed by atoms with Crippen LogP contribution in [0.1, 0.15) is 11.5 Å². The maximum absolute atomic E-state index is 13.6. The minimum atomic E-state index is -0.111. The zero-order chi connectivity index (χ0) is 20.8. The molecule has 0 spiro atoms. The van der Waals surface area contributed by atoms with Gasteiger partial charge in [0.1, 0.15) is 20.9 Å². The molecule has 6 nitrogen and oxygen atoms in total. The van der Waals surface area contributed by atoms with E-state index in [4.69, 9.17) is 8.83 Å². The van der Waals surface area contributed by atoms with Crippen molar-refractivity contribution in [3.8, 4) is 0 Å². The highest BCUT2D eigenvalue weighted by molar-refractivity contribution is 7.26. The normalized spacial score (nSPS) is 13.1. The summed E-state index contributed by atoms with van der Waals surface area (Å²) in [4.78, 5) is 27.1. The average Bonchev–Trinajstić information content (AvgIpc) is 3.49. The maximum atomic E-state index is 13.6. The van der Waals surface area contributed by atoms with E-state index < -0.39 is 0 Å². The Balaban J connectivity index is 1.71. The summed E-state index contributed by atoms with van der Waals surface area (Å²) < 4.78 is 16.2. The van der Waals surface area contributed by atoms with Gasteiger partial charge in [-0.1, -0.05) is 12.1 Å². The summed E-state index contributed by atoms with van der Waals surface area (Å²) in [5.41, 5.74) is 4.31. The molecule has 8 aromatic rings. The summed E-state index contributed by atoms with van der Waals surface area (Å²) in [6.45, 7) is 3.74. The molecule has 7 heterocycles. The molecule has 0 aliphatic carbocycles. The average molecular weight is 424 g/mol. The predicted molar refractivity (Wildman–Crippen MR) is 123 cm³/mol. The summed E-state index contributed by atoms with van der Waals surface area (Å²) in [6.07, 6.45) is 0. The monoisotopic (exact) mass is 424 g/mol. The third-order valence-electron chi connectivity index (χ3n) is 6.44. The van der Waals surface area contributed by atoms with Crippen molar-refractivity contribution in [3.63, 3.8) is 0 Å². The quantitative estimate of drug-likeness (QED) is 0.305. The zero-order valence-electron chi connectivity index (χ0n) is 16.4. The maximum Gasteiger partial charge on any atom is 0.273 e. The van der Waals surface area contributed by atoms with Crippen LogP contribution >= 0.6 is 11.3 Å². The van der Waals surface area contributed by atoms with Gasteiger partial charge in [-0.25, -0.2) is 0 Å². The van der Waals surface area contributed by atoms with Gasteiger partial charge in [-0.15, -0.1) is 11.3 Å². The Labute approximate surface area is 175 Å². The van der Waals surface area contributed by atoms with Gasteiger partial charge >= 0.3 is 0 Å². The molecule has 148 valence electrons. The third-order valence-corrected chi connectivity index (χ3v) is 7.60. The number of rotatable bonds is 0. The van der Waals surface area contributed by atoms with E-state index in [1.807, 2.05) is 50.2 Å². The molecule has 0 bridgehead atoms. The standard InChI is InChI=1S/C24H12N2O4S/c1-9-5-15-17(29-9)7-13-11-3-4-12-14-8-18-16(6-10(2)30-18)26(14)24(28)22-20(12)19(11)21(31-22)23(27)25(13)15/h3-8H,1-2H3. The molecule has 7 aromatic heterocycles. The van der Waals surface area contributed by atoms with Gasteiger partial charge in [-0.2, -0.15) is 0 Å². The van der Waals surface area contributed by atoms with E-state index in [0.29, 0.717) is 20.6 Å². The SMILES string of the molecule is Cc1cc2c(cc3c4ccc5c6c(sc(c(=O)n23)c46)c(=O)n2c3cc(C)oc3cc52)o1. The fourth-order valence-electron chi connectivity index (χ4n) is 5.27. The van der Waals surface area contributed by atoms with E-state index in [0.717, 1.165) is 55.1 Å². The molecule has 0 aliphatic rings. The number of fused-ring (bicyclic) bond motifs is 8. The summed E-state index contributed by atoms with van der Waals surface area (Å²) in [7, 11) is 0. The number of furan rings is 2. The Morgan fingerprint density at radius 3 is 1.58 bits per heavy atom. The van der Waals surface area contributed by atoms with E-state index in [-0.39, 0.29) is 11.1 Å². The Hall–Kier alpha value is -3.84. The van der Waals surface area contributed by atoms with E-state index in [1.54, 1.807) is 8.80 Å². The highest BCUT2D eigenvalue weighted by Gasteiger charge is 2.24. The minimum Gasteiger partial charge on any atom is -0.460 e. The van der Waals surface area contributed by atoms with Crippen molar-refractivity contribution in [1.29, 1.82) is 0 Å². The van der Waals surface area contributed by atoms with Gasteiger partial charge in [0.05, 0.1) is 22.1 Å². The second-order valence-electron chi connectivity index (χ2n) is 8.22. The largest absolute Gasteiger partial charge is 0.460 e. The van der Waals surface area contributed by atoms with Gasteiger partial charge in [0, 0.05) is 45.8 Å². The fourth-order valence-corrected chi connectivity index (χ4v) is 6.46. The zero-order valence-corrected chi connectivity index (χ0v) is 17.2. The minimum absolute atomic E-state index is 0.111. The number of nitrogens with zero attached hydrogens (tertiary/aromatic N) is 2. The summed E-state index contributed by atoms with van der Waals surface area (Å²) in [6, 6.07) is 11.7. The van der Waals surface area contributed by atoms with E-state index >= 15 is 0 Å². The Bertz CT molecular complexity index is 2010. The number of aromatic nitrogens is 2. The van der Waals surface area contributed by atoms with Crippen molar-refractivity contribution in [3.05, 3.63) is 68.6 Å². The van der Waals surface area contributed by atoms with E-state index in [9.17, 15) is 9.59 Å². The van der Waals surface area contributed by atoms with Crippen molar-refractivity contribution < 1.29 is 8.83 Å². The van der Waals surface area contributed by atoms with Gasteiger partial charge in [0.15, 0.2) is 11.2 Å². The summed E-state index contributed by atoms with van der Waals surface area (Å²) in [5.74, 6) is 1.52. The lowest BCUT2D eigenvalue weighted by Gasteiger charge is -2.06. The summed E-state index contributed by atoms with van der Waals surface area (Å²) >= 11 is 1.28. The second kappa shape index (κ2) is 4.73. The van der Waals surface area contributed by atoms with Crippen LogP contribution in [0.25, 0.3) is 64.2 Å². The van der Waals surface area contributed by atoms with Crippen LogP contribution in [-0.2, 0) is 0 Å². The van der Waals surface area contributed by atoms with Gasteiger partial charge in [-0.3, -0.25) is 18.4 Å². The van der Waals surface area contributed by atoms with Crippen LogP contribution < -0.4 is 11.1 Å². The highest BCUT2D eigenvalue weighted by Crippen LogP contribution is 2.42. The topological polar surface area (TPSA) is 69.2 Å².